The Hall–Kier alpha value is -0.530. The lowest BCUT2D eigenvalue weighted by molar-refractivity contribution is -0.151. The molecule has 0 spiro atoms. The van der Waals surface area contributed by atoms with Crippen LogP contribution < -0.4 is 0 Å². The van der Waals surface area contributed by atoms with Crippen molar-refractivity contribution in [2.45, 2.75) is 52.1 Å². The van der Waals surface area contributed by atoms with E-state index in [1.165, 1.54) is 25.7 Å². The molecule has 3 fully saturated rings. The first-order chi connectivity index (χ1) is 7.66. The largest absolute Gasteiger partial charge is 0.462 e. The summed E-state index contributed by atoms with van der Waals surface area (Å²) in [5.41, 5.74) is 0. The second-order valence-electron chi connectivity index (χ2n) is 6.19. The van der Waals surface area contributed by atoms with Gasteiger partial charge in [0.2, 0.25) is 0 Å². The van der Waals surface area contributed by atoms with Gasteiger partial charge in [-0.2, -0.15) is 0 Å². The van der Waals surface area contributed by atoms with Crippen molar-refractivity contribution >= 4 is 5.97 Å². The van der Waals surface area contributed by atoms with E-state index in [0.29, 0.717) is 5.92 Å². The predicted molar refractivity (Wildman–Crippen MR) is 61.8 cm³/mol. The third-order valence-electron chi connectivity index (χ3n) is 5.35. The first-order valence-electron chi connectivity index (χ1n) is 6.84. The maximum atomic E-state index is 11.1. The summed E-state index contributed by atoms with van der Waals surface area (Å²) >= 11 is 0. The van der Waals surface area contributed by atoms with Crippen LogP contribution in [0.5, 0.6) is 0 Å². The zero-order valence-electron chi connectivity index (χ0n) is 10.3. The molecule has 2 heteroatoms. The predicted octanol–water partition coefficient (Wildman–Crippen LogP) is 3.01. The number of fused-ring (bicyclic) bond motifs is 5. The lowest BCUT2D eigenvalue weighted by atomic mass is 9.65. The van der Waals surface area contributed by atoms with Crippen molar-refractivity contribution in [3.63, 3.8) is 0 Å². The van der Waals surface area contributed by atoms with E-state index in [1.54, 1.807) is 6.92 Å². The standard InChI is InChI=1S/C14H22O2/c1-8-4-3-5-11-10-6-12(14(8)11)13(7-10)16-9(2)15/h8,10-14H,3-7H2,1-2H3/t8-,10?,11?,12?,13?,14?/m0/s1. The number of hydrogen-bond donors (Lipinski definition) is 0. The summed E-state index contributed by atoms with van der Waals surface area (Å²) in [4.78, 5) is 11.1. The molecule has 5 unspecified atom stereocenters. The van der Waals surface area contributed by atoms with Crippen molar-refractivity contribution in [2.24, 2.45) is 29.6 Å². The summed E-state index contributed by atoms with van der Waals surface area (Å²) in [5.74, 6) is 4.14. The fraction of sp³-hybridized carbons (Fsp3) is 0.929. The van der Waals surface area contributed by atoms with Gasteiger partial charge in [-0.25, -0.2) is 0 Å². The molecule has 16 heavy (non-hydrogen) atoms. The van der Waals surface area contributed by atoms with E-state index >= 15 is 0 Å². The minimum Gasteiger partial charge on any atom is -0.462 e. The van der Waals surface area contributed by atoms with Crippen molar-refractivity contribution in [1.29, 1.82) is 0 Å². The maximum Gasteiger partial charge on any atom is 0.302 e. The summed E-state index contributed by atoms with van der Waals surface area (Å²) in [6, 6.07) is 0. The first kappa shape index (κ1) is 10.6. The van der Waals surface area contributed by atoms with Crippen LogP contribution in [0, 0.1) is 29.6 Å². The zero-order chi connectivity index (χ0) is 11.3. The molecular formula is C14H22O2. The van der Waals surface area contributed by atoms with Crippen LogP contribution in [0.4, 0.5) is 0 Å². The Kier molecular flexibility index (Phi) is 2.49. The quantitative estimate of drug-likeness (QED) is 0.637. The van der Waals surface area contributed by atoms with E-state index in [4.69, 9.17) is 4.74 Å². The molecule has 0 heterocycles. The molecular weight excluding hydrogens is 200 g/mol. The van der Waals surface area contributed by atoms with E-state index in [0.717, 1.165) is 30.1 Å². The Bertz CT molecular complexity index is 299. The number of esters is 1. The molecule has 0 aliphatic heterocycles. The Morgan fingerprint density at radius 2 is 2.00 bits per heavy atom. The number of ether oxygens (including phenoxy) is 1. The smallest absolute Gasteiger partial charge is 0.302 e. The van der Waals surface area contributed by atoms with Crippen LogP contribution in [0.25, 0.3) is 0 Å². The molecule has 3 aliphatic carbocycles. The van der Waals surface area contributed by atoms with Crippen LogP contribution in [0.2, 0.25) is 0 Å². The molecule has 6 atom stereocenters. The van der Waals surface area contributed by atoms with Crippen LogP contribution in [-0.4, -0.2) is 12.1 Å². The second-order valence-corrected chi connectivity index (χ2v) is 6.19. The molecule has 0 radical (unpaired) electrons. The summed E-state index contributed by atoms with van der Waals surface area (Å²) in [6.45, 7) is 3.95. The summed E-state index contributed by atoms with van der Waals surface area (Å²) in [7, 11) is 0. The van der Waals surface area contributed by atoms with Gasteiger partial charge in [-0.1, -0.05) is 19.8 Å². The summed E-state index contributed by atoms with van der Waals surface area (Å²) < 4.78 is 5.50. The van der Waals surface area contributed by atoms with E-state index < -0.39 is 0 Å². The highest BCUT2D eigenvalue weighted by Gasteiger charge is 2.55. The number of carbonyl (C=O) groups is 1. The van der Waals surface area contributed by atoms with Crippen LogP contribution in [0.1, 0.15) is 46.0 Å². The van der Waals surface area contributed by atoms with Crippen molar-refractivity contribution in [3.8, 4) is 0 Å². The van der Waals surface area contributed by atoms with E-state index in [-0.39, 0.29) is 12.1 Å². The van der Waals surface area contributed by atoms with Crippen LogP contribution in [0.15, 0.2) is 0 Å². The Labute approximate surface area is 97.7 Å². The summed E-state index contributed by atoms with van der Waals surface area (Å²) in [5, 5.41) is 0. The van der Waals surface area contributed by atoms with Gasteiger partial charge >= 0.3 is 5.97 Å². The monoisotopic (exact) mass is 222 g/mol. The molecule has 90 valence electrons. The Morgan fingerprint density at radius 3 is 2.75 bits per heavy atom. The Balaban J connectivity index is 1.76. The van der Waals surface area contributed by atoms with Gasteiger partial charge < -0.3 is 4.74 Å². The van der Waals surface area contributed by atoms with Gasteiger partial charge in [-0.05, 0) is 48.9 Å². The molecule has 0 amide bonds. The second kappa shape index (κ2) is 3.75. The molecule has 0 N–H and O–H groups in total. The third kappa shape index (κ3) is 1.49. The summed E-state index contributed by atoms with van der Waals surface area (Å²) in [6.07, 6.45) is 6.98. The molecule has 3 aliphatic rings. The van der Waals surface area contributed by atoms with Gasteiger partial charge in [0.15, 0.2) is 0 Å². The molecule has 2 bridgehead atoms. The van der Waals surface area contributed by atoms with Crippen LogP contribution in [-0.2, 0) is 9.53 Å². The zero-order valence-corrected chi connectivity index (χ0v) is 10.3. The molecule has 2 nitrogen and oxygen atoms in total. The van der Waals surface area contributed by atoms with Gasteiger partial charge in [0.1, 0.15) is 6.10 Å². The van der Waals surface area contributed by atoms with E-state index in [2.05, 4.69) is 6.92 Å². The van der Waals surface area contributed by atoms with Gasteiger partial charge in [-0.15, -0.1) is 0 Å². The van der Waals surface area contributed by atoms with Gasteiger partial charge in [0.25, 0.3) is 0 Å². The highest BCUT2D eigenvalue weighted by atomic mass is 16.5. The third-order valence-corrected chi connectivity index (χ3v) is 5.35. The molecule has 0 saturated heterocycles. The number of hydrogen-bond acceptors (Lipinski definition) is 2. The van der Waals surface area contributed by atoms with E-state index in [1.807, 2.05) is 0 Å². The fourth-order valence-corrected chi connectivity index (χ4v) is 4.95. The van der Waals surface area contributed by atoms with Crippen LogP contribution >= 0.6 is 0 Å². The Morgan fingerprint density at radius 1 is 1.19 bits per heavy atom. The minimum atomic E-state index is -0.0856. The van der Waals surface area contributed by atoms with Gasteiger partial charge in [0, 0.05) is 6.92 Å². The SMILES string of the molecule is CC(=O)OC1CC2CC1C1C2CCC[C@@H]1C. The fourth-order valence-electron chi connectivity index (χ4n) is 4.95. The lowest BCUT2D eigenvalue weighted by Crippen LogP contribution is -2.39. The first-order valence-corrected chi connectivity index (χ1v) is 6.84. The van der Waals surface area contributed by atoms with Gasteiger partial charge in [-0.3, -0.25) is 4.79 Å². The topological polar surface area (TPSA) is 26.3 Å². The molecule has 0 aromatic heterocycles. The van der Waals surface area contributed by atoms with E-state index in [9.17, 15) is 4.79 Å². The molecule has 0 aromatic rings. The molecule has 3 rings (SSSR count). The van der Waals surface area contributed by atoms with Crippen molar-refractivity contribution in [2.75, 3.05) is 0 Å². The highest BCUT2D eigenvalue weighted by Crippen LogP contribution is 2.59. The normalized spacial score (nSPS) is 50.1. The highest BCUT2D eigenvalue weighted by molar-refractivity contribution is 5.66. The number of rotatable bonds is 1. The maximum absolute atomic E-state index is 11.1. The number of carbonyl (C=O) groups excluding carboxylic acids is 1. The average Bonchev–Trinajstić information content (AvgIpc) is 2.75. The van der Waals surface area contributed by atoms with Crippen molar-refractivity contribution in [1.82, 2.24) is 0 Å². The molecule has 3 saturated carbocycles. The average molecular weight is 222 g/mol. The van der Waals surface area contributed by atoms with Crippen molar-refractivity contribution in [3.05, 3.63) is 0 Å². The van der Waals surface area contributed by atoms with Gasteiger partial charge in [0.05, 0.1) is 0 Å². The van der Waals surface area contributed by atoms with Crippen molar-refractivity contribution < 1.29 is 9.53 Å². The lowest BCUT2D eigenvalue weighted by Gasteiger charge is -2.42. The van der Waals surface area contributed by atoms with Crippen LogP contribution in [0.3, 0.4) is 0 Å². The molecule has 0 aromatic carbocycles. The minimum absolute atomic E-state index is 0.0856.